The molecule has 1 atom stereocenters. The van der Waals surface area contributed by atoms with Crippen molar-refractivity contribution in [1.82, 2.24) is 28.7 Å². The first-order chi connectivity index (χ1) is 12.5. The van der Waals surface area contributed by atoms with Crippen LogP contribution >= 0.6 is 0 Å². The fourth-order valence-electron chi connectivity index (χ4n) is 3.22. The molecular weight excluding hydrogens is 356 g/mol. The van der Waals surface area contributed by atoms with Crippen molar-refractivity contribution in [3.63, 3.8) is 0 Å². The highest BCUT2D eigenvalue weighted by Gasteiger charge is 2.36. The van der Waals surface area contributed by atoms with E-state index in [0.29, 0.717) is 56.3 Å². The summed E-state index contributed by atoms with van der Waals surface area (Å²) in [6.45, 7) is 7.41. The maximum atomic E-state index is 12.7. The molecule has 26 heavy (non-hydrogen) atoms. The smallest absolute Gasteiger partial charge is 0.281 e. The Bertz CT molecular complexity index is 849. The molecule has 0 radical (unpaired) electrons. The lowest BCUT2D eigenvalue weighted by molar-refractivity contribution is 0.377. The first-order valence-electron chi connectivity index (χ1n) is 8.89. The van der Waals surface area contributed by atoms with E-state index in [-0.39, 0.29) is 5.92 Å². The highest BCUT2D eigenvalue weighted by molar-refractivity contribution is 7.86. The van der Waals surface area contributed by atoms with Gasteiger partial charge in [-0.15, -0.1) is 0 Å². The summed E-state index contributed by atoms with van der Waals surface area (Å²) in [5, 5.41) is 4.01. The number of aryl methyl sites for hydroxylation is 1. The molecule has 0 N–H and O–H groups in total. The van der Waals surface area contributed by atoms with Crippen molar-refractivity contribution in [2.45, 2.75) is 39.5 Å². The van der Waals surface area contributed by atoms with Crippen LogP contribution in [0.25, 0.3) is 11.4 Å². The van der Waals surface area contributed by atoms with Crippen LogP contribution in [0, 0.1) is 0 Å². The second-order valence-corrected chi connectivity index (χ2v) is 8.05. The summed E-state index contributed by atoms with van der Waals surface area (Å²) >= 11 is 0. The van der Waals surface area contributed by atoms with Crippen LogP contribution in [0.4, 0.5) is 0 Å². The predicted octanol–water partition coefficient (Wildman–Crippen LogP) is 1.46. The summed E-state index contributed by atoms with van der Waals surface area (Å²) < 4.78 is 33.7. The SMILES string of the molecule is CCc1nc(-c2cncnc2[C@@H]2CCN(S(=O)(=O)N(CC)CC)C2)no1. The normalized spacial score (nSPS) is 18.7. The van der Waals surface area contributed by atoms with Gasteiger partial charge in [-0.05, 0) is 6.42 Å². The van der Waals surface area contributed by atoms with Crippen LogP contribution in [-0.2, 0) is 16.6 Å². The maximum absolute atomic E-state index is 12.7. The predicted molar refractivity (Wildman–Crippen MR) is 95.5 cm³/mol. The molecule has 0 saturated carbocycles. The molecule has 0 bridgehead atoms. The van der Waals surface area contributed by atoms with Gasteiger partial charge in [0, 0.05) is 44.7 Å². The molecule has 9 nitrogen and oxygen atoms in total. The molecule has 0 aromatic carbocycles. The first kappa shape index (κ1) is 18.9. The third-order valence-electron chi connectivity index (χ3n) is 4.65. The Hall–Kier alpha value is -1.91. The number of aromatic nitrogens is 4. The summed E-state index contributed by atoms with van der Waals surface area (Å²) in [6.07, 6.45) is 4.48. The van der Waals surface area contributed by atoms with Gasteiger partial charge < -0.3 is 4.52 Å². The molecule has 2 aromatic heterocycles. The van der Waals surface area contributed by atoms with Crippen molar-refractivity contribution in [2.24, 2.45) is 0 Å². The molecule has 1 aliphatic heterocycles. The summed E-state index contributed by atoms with van der Waals surface area (Å²) in [4.78, 5) is 12.8. The molecule has 3 heterocycles. The zero-order chi connectivity index (χ0) is 18.7. The van der Waals surface area contributed by atoms with E-state index in [2.05, 4.69) is 20.1 Å². The van der Waals surface area contributed by atoms with Gasteiger partial charge in [-0.3, -0.25) is 0 Å². The van der Waals surface area contributed by atoms with Crippen LogP contribution < -0.4 is 0 Å². The highest BCUT2D eigenvalue weighted by atomic mass is 32.2. The number of hydrogen-bond acceptors (Lipinski definition) is 7. The molecule has 0 unspecified atom stereocenters. The second-order valence-electron chi connectivity index (χ2n) is 6.12. The lowest BCUT2D eigenvalue weighted by Gasteiger charge is -2.25. The quantitative estimate of drug-likeness (QED) is 0.716. The minimum absolute atomic E-state index is 0.0260. The van der Waals surface area contributed by atoms with Gasteiger partial charge in [0.1, 0.15) is 6.33 Å². The van der Waals surface area contributed by atoms with Crippen molar-refractivity contribution in [1.29, 1.82) is 0 Å². The minimum atomic E-state index is -3.45. The van der Waals surface area contributed by atoms with Gasteiger partial charge in [0.25, 0.3) is 10.2 Å². The van der Waals surface area contributed by atoms with Crippen LogP contribution in [0.1, 0.15) is 44.7 Å². The van der Waals surface area contributed by atoms with E-state index in [1.165, 1.54) is 14.9 Å². The topological polar surface area (TPSA) is 105 Å². The molecule has 1 saturated heterocycles. The summed E-state index contributed by atoms with van der Waals surface area (Å²) in [5.74, 6) is 0.969. The Morgan fingerprint density at radius 2 is 2.08 bits per heavy atom. The zero-order valence-electron chi connectivity index (χ0n) is 15.3. The van der Waals surface area contributed by atoms with Gasteiger partial charge in [0.15, 0.2) is 0 Å². The Balaban J connectivity index is 1.86. The van der Waals surface area contributed by atoms with Crippen LogP contribution in [0.15, 0.2) is 17.0 Å². The van der Waals surface area contributed by atoms with Crippen molar-refractivity contribution < 1.29 is 12.9 Å². The molecule has 0 spiro atoms. The number of nitrogens with zero attached hydrogens (tertiary/aromatic N) is 6. The van der Waals surface area contributed by atoms with Gasteiger partial charge in [-0.2, -0.15) is 22.0 Å². The largest absolute Gasteiger partial charge is 0.339 e. The standard InChI is InChI=1S/C16H24N6O3S/c1-4-14-19-16(20-25-14)13-9-17-11-18-15(13)12-7-8-22(10-12)26(23,24)21(5-2)6-3/h9,11-12H,4-8,10H2,1-3H3/t12-/m1/s1. The molecule has 3 rings (SSSR count). The molecule has 10 heteroatoms. The van der Waals surface area contributed by atoms with Gasteiger partial charge in [-0.1, -0.05) is 25.9 Å². The van der Waals surface area contributed by atoms with E-state index in [1.807, 2.05) is 20.8 Å². The monoisotopic (exact) mass is 380 g/mol. The Morgan fingerprint density at radius 1 is 1.31 bits per heavy atom. The van der Waals surface area contributed by atoms with E-state index < -0.39 is 10.2 Å². The summed E-state index contributed by atoms with van der Waals surface area (Å²) in [5.41, 5.74) is 1.46. The van der Waals surface area contributed by atoms with Crippen molar-refractivity contribution in [3.8, 4) is 11.4 Å². The third-order valence-corrected chi connectivity index (χ3v) is 6.80. The van der Waals surface area contributed by atoms with E-state index in [9.17, 15) is 8.42 Å². The molecule has 0 aliphatic carbocycles. The average Bonchev–Trinajstić information content (AvgIpc) is 3.32. The molecular formula is C16H24N6O3S. The van der Waals surface area contributed by atoms with Gasteiger partial charge in [-0.25, -0.2) is 9.97 Å². The molecule has 142 valence electrons. The van der Waals surface area contributed by atoms with E-state index >= 15 is 0 Å². The molecule has 1 aliphatic rings. The van der Waals surface area contributed by atoms with Gasteiger partial charge >= 0.3 is 0 Å². The second kappa shape index (κ2) is 7.77. The van der Waals surface area contributed by atoms with Crippen LogP contribution in [0.3, 0.4) is 0 Å². The van der Waals surface area contributed by atoms with Gasteiger partial charge in [0.2, 0.25) is 11.7 Å². The Labute approximate surface area is 153 Å². The lowest BCUT2D eigenvalue weighted by Crippen LogP contribution is -2.42. The van der Waals surface area contributed by atoms with Crippen molar-refractivity contribution >= 4 is 10.2 Å². The van der Waals surface area contributed by atoms with E-state index in [0.717, 1.165) is 5.69 Å². The van der Waals surface area contributed by atoms with Gasteiger partial charge in [0.05, 0.1) is 11.3 Å². The lowest BCUT2D eigenvalue weighted by atomic mass is 10.00. The number of hydrogen-bond donors (Lipinski definition) is 0. The average molecular weight is 380 g/mol. The maximum Gasteiger partial charge on any atom is 0.281 e. The fourth-order valence-corrected chi connectivity index (χ4v) is 4.90. The van der Waals surface area contributed by atoms with Crippen LogP contribution in [0.5, 0.6) is 0 Å². The van der Waals surface area contributed by atoms with Crippen LogP contribution in [0.2, 0.25) is 0 Å². The van der Waals surface area contributed by atoms with E-state index in [1.54, 1.807) is 6.20 Å². The fraction of sp³-hybridized carbons (Fsp3) is 0.625. The zero-order valence-corrected chi connectivity index (χ0v) is 16.1. The van der Waals surface area contributed by atoms with Crippen molar-refractivity contribution in [3.05, 3.63) is 24.1 Å². The van der Waals surface area contributed by atoms with Crippen molar-refractivity contribution in [2.75, 3.05) is 26.2 Å². The minimum Gasteiger partial charge on any atom is -0.339 e. The Morgan fingerprint density at radius 3 is 2.73 bits per heavy atom. The third kappa shape index (κ3) is 3.49. The van der Waals surface area contributed by atoms with Crippen LogP contribution in [-0.4, -0.2) is 63.3 Å². The number of rotatable bonds is 7. The first-order valence-corrected chi connectivity index (χ1v) is 10.3. The molecule has 1 fully saturated rings. The summed E-state index contributed by atoms with van der Waals surface area (Å²) in [6, 6.07) is 0. The molecule has 2 aromatic rings. The highest BCUT2D eigenvalue weighted by Crippen LogP contribution is 2.33. The summed E-state index contributed by atoms with van der Waals surface area (Å²) in [7, 11) is -3.45. The molecule has 0 amide bonds. The Kier molecular flexibility index (Phi) is 5.64. The van der Waals surface area contributed by atoms with E-state index in [4.69, 9.17) is 4.52 Å².